The molecule has 0 heterocycles. The van der Waals surface area contributed by atoms with E-state index in [1.807, 2.05) is 0 Å². The minimum atomic E-state index is -4.96. The number of phosphoric acid groups is 2. The van der Waals surface area contributed by atoms with E-state index in [1.165, 1.54) is 173 Å². The Bertz CT molecular complexity index is 1850. The van der Waals surface area contributed by atoms with Crippen LogP contribution in [0.15, 0.2) is 0 Å². The van der Waals surface area contributed by atoms with Crippen molar-refractivity contribution in [1.29, 1.82) is 0 Å². The van der Waals surface area contributed by atoms with E-state index in [-0.39, 0.29) is 25.7 Å². The van der Waals surface area contributed by atoms with Gasteiger partial charge in [-0.05, 0) is 49.4 Å². The van der Waals surface area contributed by atoms with Gasteiger partial charge in [0.05, 0.1) is 26.4 Å². The predicted molar refractivity (Wildman–Crippen MR) is 381 cm³/mol. The standard InChI is InChI=1S/C75H146O17P2/c1-65(2)51-43-35-27-20-14-10-9-11-16-24-32-41-49-57-74(79)91-70(61-85-72(77)55-47-39-31-23-19-18-22-29-37-45-53-67(5)6)63-89-93(81,82)87-59-69(76)60-88-94(83,84)90-64-71(62-86-73(78)56-48-40-34-26-30-38-46-54-68(7)8)92-75(80)58-50-42-33-25-17-13-12-15-21-28-36-44-52-66(3)4/h65-71,76H,9-64H2,1-8H3,(H,81,82)(H,83,84)/t69?,70-,71-/m1/s1. The van der Waals surface area contributed by atoms with E-state index in [1.54, 1.807) is 0 Å². The predicted octanol–water partition coefficient (Wildman–Crippen LogP) is 21.7. The number of unbranched alkanes of at least 4 members (excludes halogenated alkanes) is 38. The first-order valence-corrected chi connectivity index (χ1v) is 41.7. The van der Waals surface area contributed by atoms with Crippen LogP contribution >= 0.6 is 15.6 Å². The normalized spacial score (nSPS) is 14.2. The highest BCUT2D eigenvalue weighted by atomic mass is 31.2. The molecular weight excluding hydrogens is 1230 g/mol. The smallest absolute Gasteiger partial charge is 0.462 e. The topological polar surface area (TPSA) is 237 Å². The Balaban J connectivity index is 5.26. The van der Waals surface area contributed by atoms with Gasteiger partial charge in [-0.2, -0.15) is 0 Å². The molecule has 0 aliphatic rings. The van der Waals surface area contributed by atoms with Crippen LogP contribution in [0.3, 0.4) is 0 Å². The molecule has 0 aromatic rings. The molecule has 0 amide bonds. The van der Waals surface area contributed by atoms with Crippen LogP contribution < -0.4 is 0 Å². The maximum absolute atomic E-state index is 13.1. The average molecular weight is 1380 g/mol. The van der Waals surface area contributed by atoms with Gasteiger partial charge in [0.15, 0.2) is 12.2 Å². The van der Waals surface area contributed by atoms with Gasteiger partial charge in [-0.25, -0.2) is 9.13 Å². The lowest BCUT2D eigenvalue weighted by atomic mass is 10.0. The van der Waals surface area contributed by atoms with Crippen molar-refractivity contribution < 1.29 is 80.2 Å². The van der Waals surface area contributed by atoms with E-state index in [0.717, 1.165) is 114 Å². The van der Waals surface area contributed by atoms with Gasteiger partial charge in [0.25, 0.3) is 0 Å². The van der Waals surface area contributed by atoms with Crippen LogP contribution in [0.25, 0.3) is 0 Å². The van der Waals surface area contributed by atoms with Crippen molar-refractivity contribution in [1.82, 2.24) is 0 Å². The van der Waals surface area contributed by atoms with E-state index in [9.17, 15) is 43.2 Å². The van der Waals surface area contributed by atoms with Crippen LogP contribution in [-0.4, -0.2) is 96.7 Å². The number of esters is 4. The number of hydrogen-bond acceptors (Lipinski definition) is 15. The number of aliphatic hydroxyl groups excluding tert-OH is 1. The van der Waals surface area contributed by atoms with Gasteiger partial charge in [-0.15, -0.1) is 0 Å². The molecule has 0 spiro atoms. The summed E-state index contributed by atoms with van der Waals surface area (Å²) in [5.41, 5.74) is 0. The van der Waals surface area contributed by atoms with E-state index < -0.39 is 97.5 Å². The number of ether oxygens (including phenoxy) is 4. The molecular formula is C75H146O17P2. The summed E-state index contributed by atoms with van der Waals surface area (Å²) in [4.78, 5) is 72.8. The molecule has 558 valence electrons. The maximum Gasteiger partial charge on any atom is 0.472 e. The molecule has 0 aliphatic carbocycles. The van der Waals surface area contributed by atoms with Crippen LogP contribution in [-0.2, 0) is 65.4 Å². The molecule has 0 rings (SSSR count). The fourth-order valence-corrected chi connectivity index (χ4v) is 13.0. The Morgan fingerprint density at radius 3 is 0.660 bits per heavy atom. The fourth-order valence-electron chi connectivity index (χ4n) is 11.4. The third kappa shape index (κ3) is 68.6. The van der Waals surface area contributed by atoms with Gasteiger partial charge in [-0.1, -0.05) is 325 Å². The molecule has 0 fully saturated rings. The molecule has 17 nitrogen and oxygen atoms in total. The first kappa shape index (κ1) is 92.1. The zero-order valence-corrected chi connectivity index (χ0v) is 63.4. The molecule has 0 aromatic carbocycles. The number of aliphatic hydroxyl groups is 1. The summed E-state index contributed by atoms with van der Waals surface area (Å²) in [5, 5.41) is 10.6. The summed E-state index contributed by atoms with van der Waals surface area (Å²) in [5.74, 6) is 0.905. The number of carbonyl (C=O) groups is 4. The number of rotatable bonds is 72. The monoisotopic (exact) mass is 1380 g/mol. The van der Waals surface area contributed by atoms with Crippen LogP contribution in [0, 0.1) is 23.7 Å². The van der Waals surface area contributed by atoms with E-state index >= 15 is 0 Å². The van der Waals surface area contributed by atoms with Crippen molar-refractivity contribution in [2.24, 2.45) is 23.7 Å². The Morgan fingerprint density at radius 1 is 0.266 bits per heavy atom. The summed E-state index contributed by atoms with van der Waals surface area (Å²) in [7, 11) is -9.91. The molecule has 0 aliphatic heterocycles. The second kappa shape index (κ2) is 64.4. The third-order valence-electron chi connectivity index (χ3n) is 17.3. The lowest BCUT2D eigenvalue weighted by molar-refractivity contribution is -0.161. The lowest BCUT2D eigenvalue weighted by Crippen LogP contribution is -2.30. The molecule has 0 aromatic heterocycles. The molecule has 3 unspecified atom stereocenters. The van der Waals surface area contributed by atoms with Crippen molar-refractivity contribution in [3.05, 3.63) is 0 Å². The van der Waals surface area contributed by atoms with Crippen molar-refractivity contribution in [2.45, 2.75) is 395 Å². The van der Waals surface area contributed by atoms with Crippen LogP contribution in [0.5, 0.6) is 0 Å². The van der Waals surface area contributed by atoms with Gasteiger partial charge in [0.2, 0.25) is 0 Å². The molecule has 94 heavy (non-hydrogen) atoms. The van der Waals surface area contributed by atoms with E-state index in [0.29, 0.717) is 31.6 Å². The van der Waals surface area contributed by atoms with E-state index in [2.05, 4.69) is 55.4 Å². The zero-order valence-electron chi connectivity index (χ0n) is 61.6. The Kier molecular flexibility index (Phi) is 63.1. The molecule has 5 atom stereocenters. The number of carbonyl (C=O) groups excluding carboxylic acids is 4. The largest absolute Gasteiger partial charge is 0.472 e. The first-order chi connectivity index (χ1) is 45.1. The average Bonchev–Trinajstić information content (AvgIpc) is 1.51. The highest BCUT2D eigenvalue weighted by molar-refractivity contribution is 7.47. The number of phosphoric ester groups is 2. The molecule has 19 heteroatoms. The summed E-state index contributed by atoms with van der Waals surface area (Å²) >= 11 is 0. The van der Waals surface area contributed by atoms with Crippen molar-refractivity contribution >= 4 is 39.5 Å². The third-order valence-corrected chi connectivity index (χ3v) is 19.2. The SMILES string of the molecule is CC(C)CCCCCCCCCCCCCCCC(=O)O[C@H](COC(=O)CCCCCCCCCCCCC(C)C)COP(=O)(O)OCC(O)COP(=O)(O)OC[C@@H](COC(=O)CCCCCCCCCC(C)C)OC(=O)CCCCCCCCCCCCCCC(C)C. The summed E-state index contributed by atoms with van der Waals surface area (Å²) in [6.07, 6.45) is 48.6. The number of hydrogen-bond donors (Lipinski definition) is 3. The molecule has 0 bridgehead atoms. The summed E-state index contributed by atoms with van der Waals surface area (Å²) in [6, 6.07) is 0. The first-order valence-electron chi connectivity index (χ1n) is 38.7. The van der Waals surface area contributed by atoms with Crippen LogP contribution in [0.2, 0.25) is 0 Å². The Labute approximate surface area is 575 Å². The quantitative estimate of drug-likeness (QED) is 0.0222. The molecule has 0 radical (unpaired) electrons. The van der Waals surface area contributed by atoms with Gasteiger partial charge in [-0.3, -0.25) is 37.3 Å². The fraction of sp³-hybridized carbons (Fsp3) is 0.947. The lowest BCUT2D eigenvalue weighted by Gasteiger charge is -2.21. The molecule has 3 N–H and O–H groups in total. The van der Waals surface area contributed by atoms with Crippen LogP contribution in [0.1, 0.15) is 376 Å². The Hall–Kier alpha value is -1.94. The maximum atomic E-state index is 13.1. The molecule has 0 saturated heterocycles. The minimum absolute atomic E-state index is 0.106. The zero-order chi connectivity index (χ0) is 69.6. The van der Waals surface area contributed by atoms with Crippen molar-refractivity contribution in [2.75, 3.05) is 39.6 Å². The van der Waals surface area contributed by atoms with Gasteiger partial charge in [0.1, 0.15) is 19.3 Å². The summed E-state index contributed by atoms with van der Waals surface area (Å²) in [6.45, 7) is 14.2. The van der Waals surface area contributed by atoms with Gasteiger partial charge >= 0.3 is 39.5 Å². The second-order valence-electron chi connectivity index (χ2n) is 28.9. The van der Waals surface area contributed by atoms with E-state index in [4.69, 9.17) is 37.0 Å². The van der Waals surface area contributed by atoms with Crippen molar-refractivity contribution in [3.63, 3.8) is 0 Å². The minimum Gasteiger partial charge on any atom is -0.462 e. The van der Waals surface area contributed by atoms with Crippen molar-refractivity contribution in [3.8, 4) is 0 Å². The van der Waals surface area contributed by atoms with Crippen LogP contribution in [0.4, 0.5) is 0 Å². The highest BCUT2D eigenvalue weighted by Gasteiger charge is 2.30. The Morgan fingerprint density at radius 2 is 0.447 bits per heavy atom. The van der Waals surface area contributed by atoms with Gasteiger partial charge in [0, 0.05) is 25.7 Å². The summed E-state index contributed by atoms with van der Waals surface area (Å²) < 4.78 is 68.5. The highest BCUT2D eigenvalue weighted by Crippen LogP contribution is 2.45. The second-order valence-corrected chi connectivity index (χ2v) is 31.9. The van der Waals surface area contributed by atoms with Gasteiger partial charge < -0.3 is 33.8 Å². The molecule has 0 saturated carbocycles.